The van der Waals surface area contributed by atoms with Crippen molar-refractivity contribution in [3.05, 3.63) is 35.4 Å². The third kappa shape index (κ3) is 3.91. The van der Waals surface area contributed by atoms with Crippen LogP contribution in [0.3, 0.4) is 0 Å². The van der Waals surface area contributed by atoms with Gasteiger partial charge in [0.1, 0.15) is 11.6 Å². The Bertz CT molecular complexity index is 909. The van der Waals surface area contributed by atoms with E-state index in [0.717, 1.165) is 23.3 Å². The summed E-state index contributed by atoms with van der Waals surface area (Å²) >= 11 is 0. The Morgan fingerprint density at radius 2 is 1.68 bits per heavy atom. The number of nitrogens with one attached hydrogen (secondary N) is 1. The van der Waals surface area contributed by atoms with E-state index in [9.17, 15) is 19.2 Å². The number of benzene rings is 1. The molecule has 0 aromatic heterocycles. The molecule has 3 aliphatic rings. The number of aryl methyl sites for hydroxylation is 1. The maximum atomic E-state index is 13.2. The quantitative estimate of drug-likeness (QED) is 0.748. The van der Waals surface area contributed by atoms with Gasteiger partial charge in [0.2, 0.25) is 5.91 Å². The minimum Gasteiger partial charge on any atom is -0.339 e. The van der Waals surface area contributed by atoms with E-state index in [2.05, 4.69) is 5.32 Å². The molecule has 3 fully saturated rings. The van der Waals surface area contributed by atoms with Crippen LogP contribution in [0.5, 0.6) is 0 Å². The molecule has 0 radical (unpaired) electrons. The highest BCUT2D eigenvalue weighted by atomic mass is 16.2. The van der Waals surface area contributed by atoms with Crippen molar-refractivity contribution in [3.63, 3.8) is 0 Å². The summed E-state index contributed by atoms with van der Waals surface area (Å²) in [4.78, 5) is 56.1. The third-order valence-electron chi connectivity index (χ3n) is 6.75. The Labute approximate surface area is 182 Å². The molecule has 1 atom stereocenters. The van der Waals surface area contributed by atoms with Crippen LogP contribution in [-0.4, -0.2) is 76.2 Å². The highest BCUT2D eigenvalue weighted by Gasteiger charge is 2.54. The summed E-state index contributed by atoms with van der Waals surface area (Å²) in [5, 5.41) is 2.84. The van der Waals surface area contributed by atoms with Crippen molar-refractivity contribution in [1.82, 2.24) is 20.0 Å². The second-order valence-corrected chi connectivity index (χ2v) is 8.91. The number of rotatable bonds is 3. The van der Waals surface area contributed by atoms with Gasteiger partial charge in [0.25, 0.3) is 11.8 Å². The number of amides is 5. The zero-order valence-electron chi connectivity index (χ0n) is 18.2. The number of urea groups is 1. The zero-order chi connectivity index (χ0) is 22.2. The van der Waals surface area contributed by atoms with Crippen molar-refractivity contribution < 1.29 is 19.2 Å². The SMILES string of the molecule is Cc1cccc(C(=O)N2CCCN(C(=O)C(C)N3C(=O)NC4(CCCC4)C3=O)CC2)c1. The summed E-state index contributed by atoms with van der Waals surface area (Å²) in [6.45, 7) is 5.44. The van der Waals surface area contributed by atoms with Crippen LogP contribution in [-0.2, 0) is 9.59 Å². The highest BCUT2D eigenvalue weighted by molar-refractivity contribution is 6.10. The van der Waals surface area contributed by atoms with Crippen LogP contribution >= 0.6 is 0 Å². The van der Waals surface area contributed by atoms with Crippen molar-refractivity contribution in [1.29, 1.82) is 0 Å². The lowest BCUT2D eigenvalue weighted by Crippen LogP contribution is -2.51. The Balaban J connectivity index is 1.41. The summed E-state index contributed by atoms with van der Waals surface area (Å²) in [5.41, 5.74) is 0.857. The number of hydrogen-bond acceptors (Lipinski definition) is 4. The van der Waals surface area contributed by atoms with Crippen molar-refractivity contribution >= 4 is 23.8 Å². The molecule has 2 aliphatic heterocycles. The van der Waals surface area contributed by atoms with Gasteiger partial charge in [-0.3, -0.25) is 14.4 Å². The van der Waals surface area contributed by atoms with E-state index in [-0.39, 0.29) is 17.7 Å². The highest BCUT2D eigenvalue weighted by Crippen LogP contribution is 2.36. The second-order valence-electron chi connectivity index (χ2n) is 8.91. The van der Waals surface area contributed by atoms with Crippen molar-refractivity contribution in [2.24, 2.45) is 0 Å². The molecule has 31 heavy (non-hydrogen) atoms. The van der Waals surface area contributed by atoms with E-state index in [1.807, 2.05) is 31.2 Å². The molecule has 1 aromatic rings. The van der Waals surface area contributed by atoms with Gasteiger partial charge >= 0.3 is 6.03 Å². The molecule has 1 N–H and O–H groups in total. The molecular weight excluding hydrogens is 396 g/mol. The first-order valence-electron chi connectivity index (χ1n) is 11.1. The molecule has 1 aliphatic carbocycles. The zero-order valence-corrected chi connectivity index (χ0v) is 18.2. The fourth-order valence-corrected chi connectivity index (χ4v) is 4.99. The number of imide groups is 1. The largest absolute Gasteiger partial charge is 0.339 e. The van der Waals surface area contributed by atoms with Crippen LogP contribution in [0, 0.1) is 6.92 Å². The van der Waals surface area contributed by atoms with Crippen LogP contribution in [0.15, 0.2) is 24.3 Å². The van der Waals surface area contributed by atoms with Crippen LogP contribution < -0.4 is 5.32 Å². The Morgan fingerprint density at radius 1 is 1.00 bits per heavy atom. The summed E-state index contributed by atoms with van der Waals surface area (Å²) in [6, 6.07) is 6.17. The Hall–Kier alpha value is -2.90. The first-order valence-corrected chi connectivity index (χ1v) is 11.1. The van der Waals surface area contributed by atoms with Gasteiger partial charge in [-0.2, -0.15) is 0 Å². The topological polar surface area (TPSA) is 90.0 Å². The first kappa shape index (κ1) is 21.3. The van der Waals surface area contributed by atoms with Crippen molar-refractivity contribution in [2.45, 2.75) is 57.5 Å². The molecule has 1 saturated carbocycles. The summed E-state index contributed by atoms with van der Waals surface area (Å²) in [5.74, 6) is -0.561. The fourth-order valence-electron chi connectivity index (χ4n) is 4.99. The summed E-state index contributed by atoms with van der Waals surface area (Å²) in [7, 11) is 0. The molecule has 8 heteroatoms. The van der Waals surface area contributed by atoms with E-state index in [1.54, 1.807) is 16.7 Å². The van der Waals surface area contributed by atoms with Gasteiger partial charge in [0, 0.05) is 31.7 Å². The summed E-state index contributed by atoms with van der Waals surface area (Å²) in [6.07, 6.45) is 3.72. The molecule has 2 heterocycles. The molecule has 1 unspecified atom stereocenters. The van der Waals surface area contributed by atoms with Crippen molar-refractivity contribution in [3.8, 4) is 0 Å². The van der Waals surface area contributed by atoms with Crippen molar-refractivity contribution in [2.75, 3.05) is 26.2 Å². The lowest BCUT2D eigenvalue weighted by atomic mass is 9.97. The van der Waals surface area contributed by atoms with E-state index in [0.29, 0.717) is 51.0 Å². The first-order chi connectivity index (χ1) is 14.8. The third-order valence-corrected chi connectivity index (χ3v) is 6.75. The predicted molar refractivity (Wildman–Crippen MR) is 114 cm³/mol. The van der Waals surface area contributed by atoms with Crippen LogP contribution in [0.4, 0.5) is 4.79 Å². The second kappa shape index (κ2) is 8.32. The van der Waals surface area contributed by atoms with Crippen LogP contribution in [0.1, 0.15) is 54.9 Å². The van der Waals surface area contributed by atoms with Gasteiger partial charge in [-0.05, 0) is 45.2 Å². The van der Waals surface area contributed by atoms with Gasteiger partial charge in [-0.1, -0.05) is 30.5 Å². The number of carbonyl (C=O) groups excluding carboxylic acids is 4. The smallest absolute Gasteiger partial charge is 0.325 e. The molecule has 8 nitrogen and oxygen atoms in total. The van der Waals surface area contributed by atoms with Crippen LogP contribution in [0.25, 0.3) is 0 Å². The molecule has 1 aromatic carbocycles. The van der Waals surface area contributed by atoms with Gasteiger partial charge < -0.3 is 15.1 Å². The van der Waals surface area contributed by atoms with E-state index < -0.39 is 17.6 Å². The Morgan fingerprint density at radius 3 is 2.39 bits per heavy atom. The van der Waals surface area contributed by atoms with Gasteiger partial charge in [0.05, 0.1) is 0 Å². The van der Waals surface area contributed by atoms with Gasteiger partial charge in [-0.25, -0.2) is 9.69 Å². The minimum absolute atomic E-state index is 0.0386. The minimum atomic E-state index is -0.855. The number of nitrogens with zero attached hydrogens (tertiary/aromatic N) is 3. The Kier molecular flexibility index (Phi) is 5.73. The monoisotopic (exact) mass is 426 g/mol. The van der Waals surface area contributed by atoms with E-state index in [1.165, 1.54) is 0 Å². The lowest BCUT2D eigenvalue weighted by molar-refractivity contribution is -0.142. The van der Waals surface area contributed by atoms with Gasteiger partial charge in [-0.15, -0.1) is 0 Å². The summed E-state index contributed by atoms with van der Waals surface area (Å²) < 4.78 is 0. The van der Waals surface area contributed by atoms with Crippen LogP contribution in [0.2, 0.25) is 0 Å². The van der Waals surface area contributed by atoms with E-state index >= 15 is 0 Å². The average Bonchev–Trinajstić information content (AvgIpc) is 3.21. The fraction of sp³-hybridized carbons (Fsp3) is 0.565. The molecule has 0 bridgehead atoms. The normalized spacial score (nSPS) is 21.9. The molecule has 166 valence electrons. The molecule has 2 saturated heterocycles. The molecular formula is C23H30N4O4. The number of carbonyl (C=O) groups is 4. The molecule has 5 amide bonds. The lowest BCUT2D eigenvalue weighted by Gasteiger charge is -2.29. The standard InChI is InChI=1S/C23H30N4O4/c1-16-7-5-8-18(15-16)20(29)26-12-6-11-25(13-14-26)19(28)17(2)27-21(30)23(24-22(27)31)9-3-4-10-23/h5,7-8,15,17H,3-4,6,9-14H2,1-2H3,(H,24,31). The number of hydrogen-bond donors (Lipinski definition) is 1. The maximum absolute atomic E-state index is 13.2. The molecule has 1 spiro atoms. The van der Waals surface area contributed by atoms with Gasteiger partial charge in [0.15, 0.2) is 0 Å². The maximum Gasteiger partial charge on any atom is 0.325 e. The predicted octanol–water partition coefficient (Wildman–Crippen LogP) is 1.92. The average molecular weight is 427 g/mol. The molecule has 4 rings (SSSR count). The van der Waals surface area contributed by atoms with E-state index in [4.69, 9.17) is 0 Å².